The highest BCUT2D eigenvalue weighted by atomic mass is 16.2. The van der Waals surface area contributed by atoms with Crippen molar-refractivity contribution in [3.05, 3.63) is 0 Å². The zero-order chi connectivity index (χ0) is 11.7. The summed E-state index contributed by atoms with van der Waals surface area (Å²) in [4.78, 5) is 11.7. The average Bonchev–Trinajstić information content (AvgIpc) is 1.79. The second kappa shape index (κ2) is 3.89. The van der Waals surface area contributed by atoms with Crippen LogP contribution in [-0.2, 0) is 0 Å². The molecule has 0 aromatic rings. The molecule has 0 radical (unpaired) electrons. The first-order valence-electron chi connectivity index (χ1n) is 5.27. The van der Waals surface area contributed by atoms with Gasteiger partial charge in [-0.15, -0.1) is 0 Å². The minimum atomic E-state index is -0.234. The lowest BCUT2D eigenvalue weighted by Crippen LogP contribution is -2.72. The lowest BCUT2D eigenvalue weighted by Gasteiger charge is -2.50. The summed E-state index contributed by atoms with van der Waals surface area (Å²) in [7, 11) is 0. The molecule has 0 rings (SSSR count). The van der Waals surface area contributed by atoms with E-state index in [1.807, 2.05) is 0 Å². The molecular formula is C11H25N2O+. The van der Waals surface area contributed by atoms with E-state index in [0.29, 0.717) is 4.48 Å². The summed E-state index contributed by atoms with van der Waals surface area (Å²) in [6.45, 7) is 14.4. The van der Waals surface area contributed by atoms with Crippen LogP contribution in [0.15, 0.2) is 0 Å². The fraction of sp³-hybridized carbons (Fsp3) is 0.909. The normalized spacial score (nSPS) is 13.8. The van der Waals surface area contributed by atoms with Crippen LogP contribution in [-0.4, -0.2) is 28.1 Å². The number of carbonyl (C=O) groups excluding carboxylic acids is 1. The number of nitrogens with two attached hydrogens (primary N) is 1. The van der Waals surface area contributed by atoms with Crippen LogP contribution in [0.3, 0.4) is 0 Å². The molecule has 0 aliphatic rings. The van der Waals surface area contributed by atoms with Crippen molar-refractivity contribution in [2.24, 2.45) is 5.73 Å². The Hall–Kier alpha value is -0.570. The molecule has 0 aromatic carbocycles. The van der Waals surface area contributed by atoms with Crippen LogP contribution >= 0.6 is 0 Å². The van der Waals surface area contributed by atoms with Crippen molar-refractivity contribution in [1.29, 1.82) is 0 Å². The molecule has 0 spiro atoms. The lowest BCUT2D eigenvalue weighted by atomic mass is 9.95. The Labute approximate surface area is 87.9 Å². The van der Waals surface area contributed by atoms with Gasteiger partial charge in [0.2, 0.25) is 0 Å². The van der Waals surface area contributed by atoms with Gasteiger partial charge in [0.05, 0.1) is 17.6 Å². The summed E-state index contributed by atoms with van der Waals surface area (Å²) in [5.41, 5.74) is 5.43. The number of hydrogen-bond donors (Lipinski definition) is 1. The third-order valence-corrected chi connectivity index (χ3v) is 3.10. The van der Waals surface area contributed by atoms with Gasteiger partial charge in [0.25, 0.3) is 0 Å². The summed E-state index contributed by atoms with van der Waals surface area (Å²) in [6.07, 6.45) is 0. The van der Waals surface area contributed by atoms with Gasteiger partial charge in [-0.1, -0.05) is 0 Å². The number of nitrogens with zero attached hydrogens (tertiary/aromatic N) is 1. The van der Waals surface area contributed by atoms with Gasteiger partial charge in [-0.25, -0.2) is 9.28 Å². The Balaban J connectivity index is 5.53. The predicted molar refractivity (Wildman–Crippen MR) is 59.9 cm³/mol. The van der Waals surface area contributed by atoms with Gasteiger partial charge >= 0.3 is 6.03 Å². The van der Waals surface area contributed by atoms with Crippen LogP contribution in [0.25, 0.3) is 0 Å². The lowest BCUT2D eigenvalue weighted by molar-refractivity contribution is -0.935. The highest BCUT2D eigenvalue weighted by molar-refractivity contribution is 5.65. The van der Waals surface area contributed by atoms with Crippen molar-refractivity contribution in [1.82, 2.24) is 0 Å². The van der Waals surface area contributed by atoms with Gasteiger partial charge in [-0.3, -0.25) is 0 Å². The molecule has 0 aliphatic carbocycles. The molecule has 0 heterocycles. The highest BCUT2D eigenvalue weighted by Crippen LogP contribution is 2.31. The van der Waals surface area contributed by atoms with Crippen LogP contribution in [0, 0.1) is 0 Å². The Morgan fingerprint density at radius 1 is 1.07 bits per heavy atom. The summed E-state index contributed by atoms with van der Waals surface area (Å²) < 4.78 is 0.326. The third kappa shape index (κ3) is 1.78. The number of carbonyl (C=O) groups is 1. The molecule has 14 heavy (non-hydrogen) atoms. The molecule has 0 saturated carbocycles. The van der Waals surface area contributed by atoms with Gasteiger partial charge < -0.3 is 5.73 Å². The Morgan fingerprint density at radius 3 is 1.36 bits per heavy atom. The maximum atomic E-state index is 11.7. The number of amides is 2. The maximum absolute atomic E-state index is 11.7. The van der Waals surface area contributed by atoms with Crippen LogP contribution in [0.5, 0.6) is 0 Å². The first-order valence-corrected chi connectivity index (χ1v) is 5.27. The van der Waals surface area contributed by atoms with Gasteiger partial charge in [0.15, 0.2) is 0 Å². The van der Waals surface area contributed by atoms with Crippen molar-refractivity contribution in [2.75, 3.05) is 0 Å². The van der Waals surface area contributed by atoms with Gasteiger partial charge in [0, 0.05) is 0 Å². The number of rotatable bonds is 2. The van der Waals surface area contributed by atoms with Crippen molar-refractivity contribution in [3.8, 4) is 0 Å². The molecule has 0 aromatic heterocycles. The zero-order valence-electron chi connectivity index (χ0n) is 10.6. The largest absolute Gasteiger partial charge is 0.414 e. The average molecular weight is 201 g/mol. The van der Waals surface area contributed by atoms with Crippen LogP contribution < -0.4 is 5.73 Å². The molecule has 0 atom stereocenters. The summed E-state index contributed by atoms with van der Waals surface area (Å²) >= 11 is 0. The van der Waals surface area contributed by atoms with Crippen LogP contribution in [0.2, 0.25) is 0 Å². The van der Waals surface area contributed by atoms with E-state index in [2.05, 4.69) is 48.5 Å². The standard InChI is InChI=1S/C11H24N2O/c1-8(2)13(9(3)4,10(12)14)11(5,6)7/h8-9H,1-7H3,(H-,12,14)/p+1. The van der Waals surface area contributed by atoms with Gasteiger partial charge in [-0.2, -0.15) is 0 Å². The van der Waals surface area contributed by atoms with Crippen LogP contribution in [0.4, 0.5) is 4.79 Å². The molecular weight excluding hydrogens is 176 g/mol. The molecule has 0 unspecified atom stereocenters. The SMILES string of the molecule is CC(C)[N+](C(N)=O)(C(C)C)C(C)(C)C. The monoisotopic (exact) mass is 201 g/mol. The van der Waals surface area contributed by atoms with E-state index in [-0.39, 0.29) is 23.7 Å². The molecule has 2 N–H and O–H groups in total. The quantitative estimate of drug-likeness (QED) is 0.685. The van der Waals surface area contributed by atoms with E-state index < -0.39 is 0 Å². The van der Waals surface area contributed by atoms with E-state index in [0.717, 1.165) is 0 Å². The van der Waals surface area contributed by atoms with E-state index in [1.54, 1.807) is 0 Å². The Kier molecular flexibility index (Phi) is 3.73. The highest BCUT2D eigenvalue weighted by Gasteiger charge is 2.50. The number of hydrogen-bond acceptors (Lipinski definition) is 1. The molecule has 3 heteroatoms. The van der Waals surface area contributed by atoms with Crippen molar-refractivity contribution in [2.45, 2.75) is 66.1 Å². The third-order valence-electron chi connectivity index (χ3n) is 3.10. The van der Waals surface area contributed by atoms with Crippen molar-refractivity contribution >= 4 is 6.03 Å². The molecule has 0 fully saturated rings. The van der Waals surface area contributed by atoms with Crippen LogP contribution in [0.1, 0.15) is 48.5 Å². The molecule has 0 aliphatic heterocycles. The zero-order valence-corrected chi connectivity index (χ0v) is 10.6. The second-order valence-electron chi connectivity index (χ2n) is 5.47. The second-order valence-corrected chi connectivity index (χ2v) is 5.47. The predicted octanol–water partition coefficient (Wildman–Crippen LogP) is 2.50. The number of quaternary nitrogens is 1. The van der Waals surface area contributed by atoms with E-state index in [9.17, 15) is 4.79 Å². The van der Waals surface area contributed by atoms with Gasteiger partial charge in [-0.05, 0) is 48.5 Å². The minimum absolute atomic E-state index is 0.159. The van der Waals surface area contributed by atoms with Gasteiger partial charge in [0.1, 0.15) is 0 Å². The summed E-state index contributed by atoms with van der Waals surface area (Å²) in [5, 5.41) is 0. The Bertz CT molecular complexity index is 206. The number of urea groups is 1. The van der Waals surface area contributed by atoms with Crippen molar-refractivity contribution < 1.29 is 9.28 Å². The molecule has 2 amide bonds. The first kappa shape index (κ1) is 13.4. The van der Waals surface area contributed by atoms with E-state index in [1.165, 1.54) is 0 Å². The molecule has 0 saturated heterocycles. The van der Waals surface area contributed by atoms with Crippen molar-refractivity contribution in [3.63, 3.8) is 0 Å². The Morgan fingerprint density at radius 2 is 1.36 bits per heavy atom. The minimum Gasteiger partial charge on any atom is -0.319 e. The fourth-order valence-corrected chi connectivity index (χ4v) is 2.99. The smallest absolute Gasteiger partial charge is 0.319 e. The molecule has 0 bridgehead atoms. The first-order chi connectivity index (χ1) is 6.08. The van der Waals surface area contributed by atoms with E-state index >= 15 is 0 Å². The summed E-state index contributed by atoms with van der Waals surface area (Å²) in [6, 6.07) is 0.169. The molecule has 3 nitrogen and oxygen atoms in total. The fourth-order valence-electron chi connectivity index (χ4n) is 2.99. The maximum Gasteiger partial charge on any atom is 0.414 e. The summed E-state index contributed by atoms with van der Waals surface area (Å²) in [5.74, 6) is 0. The number of primary amides is 1. The molecule has 84 valence electrons. The van der Waals surface area contributed by atoms with E-state index in [4.69, 9.17) is 5.73 Å². The topological polar surface area (TPSA) is 43.1 Å².